The molecule has 4 nitrogen and oxygen atoms in total. The topological polar surface area (TPSA) is 45.2 Å². The zero-order valence-corrected chi connectivity index (χ0v) is 12.1. The van der Waals surface area contributed by atoms with Crippen LogP contribution in [0.15, 0.2) is 5.38 Å². The van der Waals surface area contributed by atoms with E-state index in [9.17, 15) is 4.79 Å². The molecule has 2 heterocycles. The third-order valence-electron chi connectivity index (χ3n) is 3.20. The highest BCUT2D eigenvalue weighted by Crippen LogP contribution is 2.14. The van der Waals surface area contributed by atoms with E-state index in [0.717, 1.165) is 43.2 Å². The molecule has 100 valence electrons. The molecule has 1 aliphatic heterocycles. The average Bonchev–Trinajstić information content (AvgIpc) is 2.82. The van der Waals surface area contributed by atoms with Crippen molar-refractivity contribution in [2.75, 3.05) is 19.6 Å². The van der Waals surface area contributed by atoms with Gasteiger partial charge < -0.3 is 5.32 Å². The molecule has 1 aliphatic rings. The molecule has 0 aromatic carbocycles. The Morgan fingerprint density at radius 3 is 3.22 bits per heavy atom. The van der Waals surface area contributed by atoms with Gasteiger partial charge >= 0.3 is 0 Å². The number of carbonyl (C=O) groups is 1. The quantitative estimate of drug-likeness (QED) is 0.838. The Balaban J connectivity index is 1.76. The van der Waals surface area contributed by atoms with E-state index in [2.05, 4.69) is 15.2 Å². The molecule has 18 heavy (non-hydrogen) atoms. The molecule has 6 heteroatoms. The highest BCUT2D eigenvalue weighted by Gasteiger charge is 2.24. The van der Waals surface area contributed by atoms with Crippen molar-refractivity contribution in [2.45, 2.75) is 31.7 Å². The Bertz CT molecular complexity index is 410. The normalized spacial score (nSPS) is 21.0. The number of alkyl halides is 1. The van der Waals surface area contributed by atoms with Crippen LogP contribution in [0, 0.1) is 0 Å². The number of aryl methyl sites for hydroxylation is 1. The van der Waals surface area contributed by atoms with Crippen LogP contribution in [0.3, 0.4) is 0 Å². The van der Waals surface area contributed by atoms with Crippen LogP contribution < -0.4 is 5.32 Å². The SMILES string of the molecule is CC1C(=O)NCCN1CCCc1nc(CCl)cs1. The van der Waals surface area contributed by atoms with Crippen molar-refractivity contribution in [1.29, 1.82) is 0 Å². The van der Waals surface area contributed by atoms with Gasteiger partial charge in [0.25, 0.3) is 0 Å². The average molecular weight is 288 g/mol. The highest BCUT2D eigenvalue weighted by atomic mass is 35.5. The van der Waals surface area contributed by atoms with Crippen molar-refractivity contribution in [1.82, 2.24) is 15.2 Å². The Hall–Kier alpha value is -0.650. The van der Waals surface area contributed by atoms with Gasteiger partial charge in [-0.3, -0.25) is 9.69 Å². The summed E-state index contributed by atoms with van der Waals surface area (Å²) in [4.78, 5) is 18.2. The number of rotatable bonds is 5. The van der Waals surface area contributed by atoms with Crippen LogP contribution in [0.5, 0.6) is 0 Å². The fourth-order valence-corrected chi connectivity index (χ4v) is 3.16. The molecule has 1 fully saturated rings. The summed E-state index contributed by atoms with van der Waals surface area (Å²) < 4.78 is 0. The third kappa shape index (κ3) is 3.43. The summed E-state index contributed by atoms with van der Waals surface area (Å²) in [7, 11) is 0. The fourth-order valence-electron chi connectivity index (χ4n) is 2.09. The van der Waals surface area contributed by atoms with Crippen LogP contribution in [0.1, 0.15) is 24.0 Å². The number of nitrogens with one attached hydrogen (secondary N) is 1. The van der Waals surface area contributed by atoms with Crippen molar-refractivity contribution < 1.29 is 4.79 Å². The Morgan fingerprint density at radius 2 is 2.50 bits per heavy atom. The van der Waals surface area contributed by atoms with Gasteiger partial charge in [0.15, 0.2) is 0 Å². The van der Waals surface area contributed by atoms with E-state index < -0.39 is 0 Å². The number of hydrogen-bond acceptors (Lipinski definition) is 4. The van der Waals surface area contributed by atoms with Crippen LogP contribution in [0.25, 0.3) is 0 Å². The molecule has 0 spiro atoms. The minimum atomic E-state index is -0.00607. The minimum Gasteiger partial charge on any atom is -0.353 e. The smallest absolute Gasteiger partial charge is 0.237 e. The zero-order valence-electron chi connectivity index (χ0n) is 10.5. The number of hydrogen-bond donors (Lipinski definition) is 1. The molecule has 0 aliphatic carbocycles. The summed E-state index contributed by atoms with van der Waals surface area (Å²) in [6, 6.07) is -0.00607. The number of amides is 1. The van der Waals surface area contributed by atoms with Crippen molar-refractivity contribution in [2.24, 2.45) is 0 Å². The predicted octanol–water partition coefficient (Wildman–Crippen LogP) is 1.63. The first kappa shape index (κ1) is 13.8. The second-order valence-electron chi connectivity index (χ2n) is 4.47. The van der Waals surface area contributed by atoms with Crippen LogP contribution >= 0.6 is 22.9 Å². The lowest BCUT2D eigenvalue weighted by Gasteiger charge is -2.32. The van der Waals surface area contributed by atoms with E-state index in [4.69, 9.17) is 11.6 Å². The maximum Gasteiger partial charge on any atom is 0.237 e. The van der Waals surface area contributed by atoms with E-state index in [0.29, 0.717) is 5.88 Å². The predicted molar refractivity (Wildman–Crippen MR) is 74.0 cm³/mol. The Morgan fingerprint density at radius 1 is 1.67 bits per heavy atom. The first-order valence-corrected chi connectivity index (χ1v) is 7.63. The summed E-state index contributed by atoms with van der Waals surface area (Å²) in [5, 5.41) is 6.03. The van der Waals surface area contributed by atoms with Crippen molar-refractivity contribution >= 4 is 28.8 Å². The molecule has 1 aromatic heterocycles. The van der Waals surface area contributed by atoms with E-state index in [1.165, 1.54) is 0 Å². The number of nitrogens with zero attached hydrogens (tertiary/aromatic N) is 2. The molecule has 1 unspecified atom stereocenters. The van der Waals surface area contributed by atoms with Gasteiger partial charge in [0.1, 0.15) is 0 Å². The van der Waals surface area contributed by atoms with Crippen LogP contribution in [-0.2, 0) is 17.1 Å². The van der Waals surface area contributed by atoms with Gasteiger partial charge in [-0.05, 0) is 19.9 Å². The molecule has 0 radical (unpaired) electrons. The number of aromatic nitrogens is 1. The molecule has 1 saturated heterocycles. The third-order valence-corrected chi connectivity index (χ3v) is 4.43. The largest absolute Gasteiger partial charge is 0.353 e. The second kappa shape index (κ2) is 6.50. The second-order valence-corrected chi connectivity index (χ2v) is 5.68. The van der Waals surface area contributed by atoms with Crippen LogP contribution in [-0.4, -0.2) is 41.5 Å². The molecule has 0 bridgehead atoms. The first-order valence-electron chi connectivity index (χ1n) is 6.21. The lowest BCUT2D eigenvalue weighted by molar-refractivity contribution is -0.128. The summed E-state index contributed by atoms with van der Waals surface area (Å²) in [6.07, 6.45) is 2.00. The monoisotopic (exact) mass is 287 g/mol. The van der Waals surface area contributed by atoms with Gasteiger partial charge in [-0.15, -0.1) is 22.9 Å². The molecule has 0 saturated carbocycles. The van der Waals surface area contributed by atoms with Crippen molar-refractivity contribution in [3.63, 3.8) is 0 Å². The lowest BCUT2D eigenvalue weighted by Crippen LogP contribution is -2.53. The van der Waals surface area contributed by atoms with Crippen molar-refractivity contribution in [3.8, 4) is 0 Å². The van der Waals surface area contributed by atoms with E-state index in [1.807, 2.05) is 12.3 Å². The highest BCUT2D eigenvalue weighted by molar-refractivity contribution is 7.09. The summed E-state index contributed by atoms with van der Waals surface area (Å²) in [5.41, 5.74) is 0.961. The zero-order chi connectivity index (χ0) is 13.0. The lowest BCUT2D eigenvalue weighted by atomic mass is 10.2. The summed E-state index contributed by atoms with van der Waals surface area (Å²) in [5.74, 6) is 0.625. The summed E-state index contributed by atoms with van der Waals surface area (Å²) >= 11 is 7.39. The molecular formula is C12H18ClN3OS. The number of carbonyl (C=O) groups excluding carboxylic acids is 1. The summed E-state index contributed by atoms with van der Waals surface area (Å²) in [6.45, 7) is 4.61. The number of thiazole rings is 1. The van der Waals surface area contributed by atoms with E-state index in [1.54, 1.807) is 11.3 Å². The fraction of sp³-hybridized carbons (Fsp3) is 0.667. The minimum absolute atomic E-state index is 0.00607. The maximum atomic E-state index is 11.5. The number of halogens is 1. The molecular weight excluding hydrogens is 270 g/mol. The van der Waals surface area contributed by atoms with E-state index >= 15 is 0 Å². The molecule has 1 atom stereocenters. The first-order chi connectivity index (χ1) is 8.70. The van der Waals surface area contributed by atoms with Crippen molar-refractivity contribution in [3.05, 3.63) is 16.1 Å². The molecule has 1 amide bonds. The molecule has 2 rings (SSSR count). The van der Waals surface area contributed by atoms with Gasteiger partial charge in [-0.1, -0.05) is 0 Å². The van der Waals surface area contributed by atoms with Crippen LogP contribution in [0.2, 0.25) is 0 Å². The maximum absolute atomic E-state index is 11.5. The van der Waals surface area contributed by atoms with Gasteiger partial charge in [-0.25, -0.2) is 4.98 Å². The van der Waals surface area contributed by atoms with Gasteiger partial charge in [-0.2, -0.15) is 0 Å². The van der Waals surface area contributed by atoms with Gasteiger partial charge in [0, 0.05) is 24.9 Å². The number of piperazine rings is 1. The van der Waals surface area contributed by atoms with Crippen LogP contribution in [0.4, 0.5) is 0 Å². The Labute approximate surface area is 116 Å². The molecule has 1 aromatic rings. The van der Waals surface area contributed by atoms with Gasteiger partial charge in [0.05, 0.1) is 22.6 Å². The Kier molecular flexibility index (Phi) is 4.97. The van der Waals surface area contributed by atoms with Gasteiger partial charge in [0.2, 0.25) is 5.91 Å². The van der Waals surface area contributed by atoms with E-state index in [-0.39, 0.29) is 11.9 Å². The molecule has 1 N–H and O–H groups in total. The standard InChI is InChI=1S/C12H18ClN3OS/c1-9-12(17)14-4-6-16(9)5-2-3-11-15-10(7-13)8-18-11/h8-9H,2-7H2,1H3,(H,14,17).